The van der Waals surface area contributed by atoms with Crippen LogP contribution in [0.15, 0.2) is 70.1 Å². The molecule has 4 rings (SSSR count). The molecule has 2 aromatic carbocycles. The number of fused-ring (bicyclic) bond motifs is 1. The number of phenols is 1. The van der Waals surface area contributed by atoms with E-state index in [1.807, 2.05) is 13.0 Å². The third-order valence-electron chi connectivity index (χ3n) is 6.41. The van der Waals surface area contributed by atoms with Crippen LogP contribution in [0.5, 0.6) is 23.0 Å². The molecule has 2 heterocycles. The smallest absolute Gasteiger partial charge is 0.338 e. The lowest BCUT2D eigenvalue weighted by Crippen LogP contribution is -2.40. The van der Waals surface area contributed by atoms with Crippen LogP contribution < -0.4 is 29.1 Å². The van der Waals surface area contributed by atoms with Crippen molar-refractivity contribution in [3.05, 3.63) is 91.1 Å². The fraction of sp³-hybridized carbons (Fsp3) is 0.323. The molecule has 0 radical (unpaired) electrons. The Kier molecular flexibility index (Phi) is 9.67. The number of benzene rings is 2. The van der Waals surface area contributed by atoms with Gasteiger partial charge in [-0.1, -0.05) is 49.5 Å². The van der Waals surface area contributed by atoms with Gasteiger partial charge in [0.2, 0.25) is 0 Å². The van der Waals surface area contributed by atoms with Gasteiger partial charge in [-0.15, -0.1) is 0 Å². The molecule has 1 unspecified atom stereocenters. The minimum absolute atomic E-state index is 0.0137. The van der Waals surface area contributed by atoms with Crippen LogP contribution in [0, 0.1) is 0 Å². The molecule has 0 bridgehead atoms. The molecule has 0 aliphatic carbocycles. The van der Waals surface area contributed by atoms with Gasteiger partial charge in [0, 0.05) is 0 Å². The number of esters is 1. The predicted octanol–water partition coefficient (Wildman–Crippen LogP) is 4.26. The maximum Gasteiger partial charge on any atom is 0.338 e. The summed E-state index contributed by atoms with van der Waals surface area (Å²) in [5, 5.41) is 10.1. The Balaban J connectivity index is 1.88. The number of carbonyl (C=O) groups is 1. The van der Waals surface area contributed by atoms with Crippen molar-refractivity contribution in [2.75, 3.05) is 26.9 Å². The van der Waals surface area contributed by atoms with Crippen molar-refractivity contribution in [3.8, 4) is 23.0 Å². The van der Waals surface area contributed by atoms with Gasteiger partial charge in [-0.05, 0) is 61.7 Å². The fourth-order valence-corrected chi connectivity index (χ4v) is 5.50. The number of allylic oxidation sites excluding steroid dienone is 1. The topological polar surface area (TPSA) is 109 Å². The SMILES string of the molecule is C=CCOC(=O)C1=C(C)N=c2s/c(=C\c3ccc(O)c(OCC)c3)c(=O)n2C1c1ccc(OCCCC)c(OC)c1. The van der Waals surface area contributed by atoms with E-state index in [2.05, 4.69) is 18.5 Å². The molecule has 1 atom stereocenters. The number of hydrogen-bond acceptors (Lipinski definition) is 9. The Labute approximate surface area is 242 Å². The van der Waals surface area contributed by atoms with Crippen molar-refractivity contribution in [3.63, 3.8) is 0 Å². The van der Waals surface area contributed by atoms with Crippen LogP contribution in [0.2, 0.25) is 0 Å². The Morgan fingerprint density at radius 1 is 1.15 bits per heavy atom. The molecule has 41 heavy (non-hydrogen) atoms. The van der Waals surface area contributed by atoms with E-state index in [4.69, 9.17) is 18.9 Å². The van der Waals surface area contributed by atoms with E-state index in [9.17, 15) is 14.7 Å². The van der Waals surface area contributed by atoms with Crippen LogP contribution in [0.4, 0.5) is 0 Å². The van der Waals surface area contributed by atoms with Crippen LogP contribution in [0.1, 0.15) is 50.8 Å². The van der Waals surface area contributed by atoms with Crippen LogP contribution in [-0.4, -0.2) is 42.6 Å². The van der Waals surface area contributed by atoms with Crippen LogP contribution in [0.25, 0.3) is 6.08 Å². The van der Waals surface area contributed by atoms with Gasteiger partial charge in [-0.2, -0.15) is 0 Å². The molecular formula is C31H34N2O7S. The Morgan fingerprint density at radius 3 is 2.66 bits per heavy atom. The molecule has 1 N–H and O–H groups in total. The van der Waals surface area contributed by atoms with Crippen LogP contribution in [0.3, 0.4) is 0 Å². The monoisotopic (exact) mass is 578 g/mol. The van der Waals surface area contributed by atoms with Crippen LogP contribution >= 0.6 is 11.3 Å². The maximum absolute atomic E-state index is 13.9. The second kappa shape index (κ2) is 13.4. The molecule has 0 saturated heterocycles. The first kappa shape index (κ1) is 29.7. The van der Waals surface area contributed by atoms with Gasteiger partial charge in [0.15, 0.2) is 27.8 Å². The lowest BCUT2D eigenvalue weighted by atomic mass is 9.95. The number of hydrogen-bond donors (Lipinski definition) is 1. The third-order valence-corrected chi connectivity index (χ3v) is 7.40. The van der Waals surface area contributed by atoms with Gasteiger partial charge in [0.05, 0.1) is 42.2 Å². The highest BCUT2D eigenvalue weighted by Crippen LogP contribution is 2.36. The Bertz CT molecular complexity index is 1650. The molecule has 0 fully saturated rings. The van der Waals surface area contributed by atoms with Crippen molar-refractivity contribution in [1.82, 2.24) is 4.57 Å². The standard InChI is InChI=1S/C31H34N2O7S/c1-6-9-15-39-23-13-11-21(18-25(23)37-5)28-27(30(36)40-14-7-2)19(4)32-31-33(28)29(35)26(41-31)17-20-10-12-22(34)24(16-20)38-8-3/h7,10-13,16-18,28,34H,2,6,8-9,14-15H2,1,3-5H3/b26-17-. The number of carbonyl (C=O) groups excluding carboxylic acids is 1. The zero-order valence-corrected chi connectivity index (χ0v) is 24.5. The van der Waals surface area contributed by atoms with Gasteiger partial charge < -0.3 is 24.1 Å². The minimum atomic E-state index is -0.817. The number of ether oxygens (including phenoxy) is 4. The Hall–Kier alpha value is -4.31. The number of aromatic hydroxyl groups is 1. The fourth-order valence-electron chi connectivity index (χ4n) is 4.45. The molecule has 3 aromatic rings. The maximum atomic E-state index is 13.9. The molecule has 1 aliphatic heterocycles. The number of methoxy groups -OCH3 is 1. The molecule has 0 spiro atoms. The van der Waals surface area contributed by atoms with Gasteiger partial charge in [0.1, 0.15) is 6.61 Å². The average molecular weight is 579 g/mol. The molecule has 216 valence electrons. The van der Waals surface area contributed by atoms with Crippen molar-refractivity contribution in [2.45, 2.75) is 39.7 Å². The van der Waals surface area contributed by atoms with E-state index in [1.54, 1.807) is 44.4 Å². The second-order valence-corrected chi connectivity index (χ2v) is 10.3. The van der Waals surface area contributed by atoms with E-state index < -0.39 is 12.0 Å². The summed E-state index contributed by atoms with van der Waals surface area (Å²) >= 11 is 1.21. The van der Waals surface area contributed by atoms with Crippen molar-refractivity contribution in [1.29, 1.82) is 0 Å². The van der Waals surface area contributed by atoms with E-state index in [0.717, 1.165) is 12.8 Å². The molecule has 0 amide bonds. The number of unbranched alkanes of at least 4 members (excludes halogenated alkanes) is 1. The summed E-state index contributed by atoms with van der Waals surface area (Å²) in [6.07, 6.45) is 5.09. The van der Waals surface area contributed by atoms with E-state index in [0.29, 0.717) is 56.6 Å². The Morgan fingerprint density at radius 2 is 1.95 bits per heavy atom. The minimum Gasteiger partial charge on any atom is -0.504 e. The molecule has 1 aliphatic rings. The number of nitrogens with zero attached hydrogens (tertiary/aromatic N) is 2. The summed E-state index contributed by atoms with van der Waals surface area (Å²) in [6.45, 7) is 10.2. The summed E-state index contributed by atoms with van der Waals surface area (Å²) in [4.78, 5) is 32.3. The quantitative estimate of drug-likeness (QED) is 0.194. The molecule has 1 aromatic heterocycles. The molecular weight excluding hydrogens is 544 g/mol. The highest BCUT2D eigenvalue weighted by molar-refractivity contribution is 7.07. The lowest BCUT2D eigenvalue weighted by Gasteiger charge is -2.25. The molecule has 0 saturated carbocycles. The number of phenolic OH excluding ortho intramolecular Hbond substituents is 1. The number of rotatable bonds is 12. The van der Waals surface area contributed by atoms with Gasteiger partial charge in [-0.3, -0.25) is 9.36 Å². The summed E-state index contributed by atoms with van der Waals surface area (Å²) in [5.74, 6) is 0.809. The second-order valence-electron chi connectivity index (χ2n) is 9.24. The normalized spacial score (nSPS) is 14.7. The summed E-state index contributed by atoms with van der Waals surface area (Å²) in [6, 6.07) is 9.44. The van der Waals surface area contributed by atoms with Crippen molar-refractivity contribution in [2.24, 2.45) is 4.99 Å². The third kappa shape index (κ3) is 6.38. The molecule has 10 heteroatoms. The van der Waals surface area contributed by atoms with Crippen LogP contribution in [-0.2, 0) is 9.53 Å². The average Bonchev–Trinajstić information content (AvgIpc) is 3.27. The van der Waals surface area contributed by atoms with Gasteiger partial charge in [0.25, 0.3) is 5.56 Å². The van der Waals surface area contributed by atoms with Gasteiger partial charge in [-0.25, -0.2) is 9.79 Å². The summed E-state index contributed by atoms with van der Waals surface area (Å²) < 4.78 is 24.3. The summed E-state index contributed by atoms with van der Waals surface area (Å²) in [7, 11) is 1.55. The highest BCUT2D eigenvalue weighted by Gasteiger charge is 2.34. The first-order chi connectivity index (χ1) is 19.8. The van der Waals surface area contributed by atoms with E-state index >= 15 is 0 Å². The van der Waals surface area contributed by atoms with E-state index in [1.165, 1.54) is 28.0 Å². The summed E-state index contributed by atoms with van der Waals surface area (Å²) in [5.41, 5.74) is 1.68. The van der Waals surface area contributed by atoms with E-state index in [-0.39, 0.29) is 23.5 Å². The largest absolute Gasteiger partial charge is 0.504 e. The zero-order chi connectivity index (χ0) is 29.5. The number of aromatic nitrogens is 1. The molecule has 9 nitrogen and oxygen atoms in total. The predicted molar refractivity (Wildman–Crippen MR) is 158 cm³/mol. The van der Waals surface area contributed by atoms with Crippen molar-refractivity contribution < 1.29 is 28.8 Å². The zero-order valence-electron chi connectivity index (χ0n) is 23.6. The lowest BCUT2D eigenvalue weighted by molar-refractivity contribution is -0.138. The van der Waals surface area contributed by atoms with Gasteiger partial charge >= 0.3 is 5.97 Å². The van der Waals surface area contributed by atoms with Crippen molar-refractivity contribution >= 4 is 23.4 Å². The first-order valence-electron chi connectivity index (χ1n) is 13.4. The number of thiazole rings is 1. The first-order valence-corrected chi connectivity index (χ1v) is 14.2. The highest BCUT2D eigenvalue weighted by atomic mass is 32.1.